The zero-order chi connectivity index (χ0) is 22.7. The Hall–Kier alpha value is -3.13. The molecule has 0 aliphatic heterocycles. The summed E-state index contributed by atoms with van der Waals surface area (Å²) in [5.74, 6) is -0.785. The average molecular weight is 457 g/mol. The summed E-state index contributed by atoms with van der Waals surface area (Å²) in [7, 11) is 0. The first-order chi connectivity index (χ1) is 15.4. The predicted octanol–water partition coefficient (Wildman–Crippen LogP) is 4.50. The van der Waals surface area contributed by atoms with Crippen LogP contribution in [0.15, 0.2) is 77.9 Å². The smallest absolute Gasteiger partial charge is 0.261 e. The van der Waals surface area contributed by atoms with E-state index in [1.807, 2.05) is 0 Å². The summed E-state index contributed by atoms with van der Waals surface area (Å²) in [6, 6.07) is 16.3. The molecule has 0 fully saturated rings. The highest BCUT2D eigenvalue weighted by Gasteiger charge is 2.18. The number of aromatic nitrogens is 2. The minimum atomic E-state index is -1.03. The molecule has 4 rings (SSSR count). The summed E-state index contributed by atoms with van der Waals surface area (Å²) in [6.45, 7) is -0.158. The first-order valence-corrected chi connectivity index (χ1v) is 10.2. The number of rotatable bonds is 7. The van der Waals surface area contributed by atoms with Gasteiger partial charge in [-0.3, -0.25) is 9.36 Å². The molecule has 0 aliphatic carbocycles. The highest BCUT2D eigenvalue weighted by Crippen LogP contribution is 2.27. The molecule has 3 aromatic carbocycles. The number of nitrogens with zero attached hydrogens (tertiary/aromatic N) is 2. The second-order valence-electron chi connectivity index (χ2n) is 7.33. The number of hydrogen-bond acceptors (Lipinski definition) is 4. The van der Waals surface area contributed by atoms with Crippen LogP contribution in [0, 0.1) is 11.6 Å². The molecule has 32 heavy (non-hydrogen) atoms. The molecule has 1 heterocycles. The maximum Gasteiger partial charge on any atom is 0.261 e. The summed E-state index contributed by atoms with van der Waals surface area (Å²) in [4.78, 5) is 16.9. The topological polar surface area (TPSA) is 64.4 Å². The van der Waals surface area contributed by atoms with Crippen LogP contribution in [0.1, 0.15) is 17.2 Å². The Kier molecular flexibility index (Phi) is 6.60. The average Bonchev–Trinajstić information content (AvgIpc) is 2.78. The van der Waals surface area contributed by atoms with Gasteiger partial charge in [0.2, 0.25) is 0 Å². The molecule has 1 atom stereocenters. The lowest BCUT2D eigenvalue weighted by Crippen LogP contribution is -2.30. The zero-order valence-corrected chi connectivity index (χ0v) is 17.5. The van der Waals surface area contributed by atoms with E-state index in [0.29, 0.717) is 27.1 Å². The summed E-state index contributed by atoms with van der Waals surface area (Å²) in [6.07, 6.45) is -0.330. The molecular formula is C24H19ClF2N2O3. The maximum absolute atomic E-state index is 13.4. The van der Waals surface area contributed by atoms with Crippen molar-refractivity contribution in [3.05, 3.63) is 111 Å². The summed E-state index contributed by atoms with van der Waals surface area (Å²) in [5, 5.41) is 11.4. The van der Waals surface area contributed by atoms with Crippen molar-refractivity contribution in [1.29, 1.82) is 0 Å². The quantitative estimate of drug-likeness (QED) is 0.445. The lowest BCUT2D eigenvalue weighted by atomic mass is 10.0. The Labute approximate surface area is 187 Å². The SMILES string of the molecule is O=c1c2ccc(Cl)cc2ncn1CC(O)COC(c1ccc(F)cc1)c1ccc(F)cc1. The van der Waals surface area contributed by atoms with E-state index in [1.54, 1.807) is 42.5 Å². The summed E-state index contributed by atoms with van der Waals surface area (Å²) in [5.41, 5.74) is 1.45. The van der Waals surface area contributed by atoms with E-state index in [4.69, 9.17) is 16.3 Å². The van der Waals surface area contributed by atoms with E-state index < -0.39 is 23.8 Å². The number of benzene rings is 3. The molecular weight excluding hydrogens is 438 g/mol. The fourth-order valence-corrected chi connectivity index (χ4v) is 3.57. The monoisotopic (exact) mass is 456 g/mol. The molecule has 4 aromatic rings. The fraction of sp³-hybridized carbons (Fsp3) is 0.167. The van der Waals surface area contributed by atoms with Crippen LogP contribution in [0.2, 0.25) is 5.02 Å². The Balaban J connectivity index is 1.51. The van der Waals surface area contributed by atoms with E-state index in [0.717, 1.165) is 0 Å². The van der Waals surface area contributed by atoms with Crippen LogP contribution in [-0.4, -0.2) is 27.4 Å². The minimum absolute atomic E-state index is 0.0377. The Morgan fingerprint density at radius 3 is 2.16 bits per heavy atom. The van der Waals surface area contributed by atoms with Crippen LogP contribution in [0.4, 0.5) is 8.78 Å². The van der Waals surface area contributed by atoms with E-state index in [1.165, 1.54) is 35.2 Å². The van der Waals surface area contributed by atoms with Crippen LogP contribution in [-0.2, 0) is 11.3 Å². The van der Waals surface area contributed by atoms with Crippen molar-refractivity contribution in [1.82, 2.24) is 9.55 Å². The van der Waals surface area contributed by atoms with Crippen molar-refractivity contribution in [3.8, 4) is 0 Å². The number of ether oxygens (including phenoxy) is 1. The van der Waals surface area contributed by atoms with Gasteiger partial charge < -0.3 is 9.84 Å². The van der Waals surface area contributed by atoms with Gasteiger partial charge in [0.05, 0.1) is 36.5 Å². The minimum Gasteiger partial charge on any atom is -0.389 e. The molecule has 0 saturated carbocycles. The molecule has 5 nitrogen and oxygen atoms in total. The maximum atomic E-state index is 13.4. The molecule has 164 valence electrons. The largest absolute Gasteiger partial charge is 0.389 e. The molecule has 1 N–H and O–H groups in total. The van der Waals surface area contributed by atoms with E-state index in [2.05, 4.69) is 4.98 Å². The number of halogens is 3. The van der Waals surface area contributed by atoms with Gasteiger partial charge in [-0.15, -0.1) is 0 Å². The second kappa shape index (κ2) is 9.56. The molecule has 0 saturated heterocycles. The van der Waals surface area contributed by atoms with Gasteiger partial charge in [-0.05, 0) is 53.6 Å². The van der Waals surface area contributed by atoms with Crippen LogP contribution in [0.25, 0.3) is 10.9 Å². The van der Waals surface area contributed by atoms with Crippen LogP contribution < -0.4 is 5.56 Å². The number of aliphatic hydroxyl groups is 1. The zero-order valence-electron chi connectivity index (χ0n) is 16.8. The van der Waals surface area contributed by atoms with Gasteiger partial charge in [0, 0.05) is 5.02 Å². The Morgan fingerprint density at radius 2 is 1.56 bits per heavy atom. The van der Waals surface area contributed by atoms with Gasteiger partial charge >= 0.3 is 0 Å². The molecule has 0 aliphatic rings. The van der Waals surface area contributed by atoms with Gasteiger partial charge in [-0.1, -0.05) is 35.9 Å². The van der Waals surface area contributed by atoms with Gasteiger partial charge in [0.25, 0.3) is 5.56 Å². The standard InChI is InChI=1S/C24H19ClF2N2O3/c25-17-5-10-21-22(11-17)28-14-29(24(21)31)12-20(30)13-32-23(15-1-6-18(26)7-2-15)16-3-8-19(27)9-4-16/h1-11,14,20,23,30H,12-13H2. The van der Waals surface area contributed by atoms with Crippen molar-refractivity contribution < 1.29 is 18.6 Å². The van der Waals surface area contributed by atoms with Crippen LogP contribution >= 0.6 is 11.6 Å². The number of hydrogen-bond donors (Lipinski definition) is 1. The fourth-order valence-electron chi connectivity index (χ4n) is 3.41. The first-order valence-electron chi connectivity index (χ1n) is 9.86. The highest BCUT2D eigenvalue weighted by atomic mass is 35.5. The Morgan fingerprint density at radius 1 is 0.969 bits per heavy atom. The van der Waals surface area contributed by atoms with Crippen molar-refractivity contribution in [2.45, 2.75) is 18.8 Å². The van der Waals surface area contributed by atoms with E-state index in [-0.39, 0.29) is 18.7 Å². The summed E-state index contributed by atoms with van der Waals surface area (Å²) >= 11 is 5.94. The van der Waals surface area contributed by atoms with Crippen molar-refractivity contribution in [2.75, 3.05) is 6.61 Å². The van der Waals surface area contributed by atoms with Gasteiger partial charge in [0.15, 0.2) is 0 Å². The molecule has 1 unspecified atom stereocenters. The number of aliphatic hydroxyl groups excluding tert-OH is 1. The van der Waals surface area contributed by atoms with E-state index >= 15 is 0 Å². The third-order valence-corrected chi connectivity index (χ3v) is 5.23. The van der Waals surface area contributed by atoms with Gasteiger partial charge in [-0.25, -0.2) is 13.8 Å². The second-order valence-corrected chi connectivity index (χ2v) is 7.77. The molecule has 0 radical (unpaired) electrons. The highest BCUT2D eigenvalue weighted by molar-refractivity contribution is 6.31. The molecule has 1 aromatic heterocycles. The van der Waals surface area contributed by atoms with Crippen LogP contribution in [0.3, 0.4) is 0 Å². The lowest BCUT2D eigenvalue weighted by Gasteiger charge is -2.21. The van der Waals surface area contributed by atoms with E-state index in [9.17, 15) is 18.7 Å². The molecule has 8 heteroatoms. The van der Waals surface area contributed by atoms with Crippen molar-refractivity contribution >= 4 is 22.5 Å². The number of fused-ring (bicyclic) bond motifs is 1. The third-order valence-electron chi connectivity index (χ3n) is 5.00. The summed E-state index contributed by atoms with van der Waals surface area (Å²) < 4.78 is 33.9. The van der Waals surface area contributed by atoms with Crippen LogP contribution in [0.5, 0.6) is 0 Å². The van der Waals surface area contributed by atoms with Gasteiger partial charge in [-0.2, -0.15) is 0 Å². The molecule has 0 bridgehead atoms. The molecule has 0 amide bonds. The lowest BCUT2D eigenvalue weighted by molar-refractivity contribution is -0.00103. The third kappa shape index (κ3) is 5.02. The van der Waals surface area contributed by atoms with Crippen molar-refractivity contribution in [3.63, 3.8) is 0 Å². The predicted molar refractivity (Wildman–Crippen MR) is 118 cm³/mol. The van der Waals surface area contributed by atoms with Crippen molar-refractivity contribution in [2.24, 2.45) is 0 Å². The Bertz CT molecular complexity index is 1230. The van der Waals surface area contributed by atoms with Gasteiger partial charge in [0.1, 0.15) is 17.7 Å². The first kappa shape index (κ1) is 22.1. The molecule has 0 spiro atoms. The normalized spacial score (nSPS) is 12.4.